The molecule has 0 radical (unpaired) electrons. The van der Waals surface area contributed by atoms with Gasteiger partial charge in [0, 0.05) is 19.1 Å². The number of rotatable bonds is 4. The standard InChI is InChI=1S/C13H15FN2O4/c14-10-2-1-9(12(17)18)5-11(10)16-13(19)15-6-8-3-4-20-7-8/h1-2,5,8H,3-4,6-7H2,(H,17,18)(H2,15,16,19). The van der Waals surface area contributed by atoms with Gasteiger partial charge in [-0.05, 0) is 24.6 Å². The number of hydrogen-bond donors (Lipinski definition) is 3. The van der Waals surface area contributed by atoms with E-state index >= 15 is 0 Å². The van der Waals surface area contributed by atoms with Crippen molar-refractivity contribution in [1.82, 2.24) is 5.32 Å². The highest BCUT2D eigenvalue weighted by molar-refractivity contribution is 5.93. The molecule has 1 saturated heterocycles. The Kier molecular flexibility index (Phi) is 4.52. The molecule has 1 fully saturated rings. The van der Waals surface area contributed by atoms with Crippen molar-refractivity contribution in [1.29, 1.82) is 0 Å². The van der Waals surface area contributed by atoms with Gasteiger partial charge in [0.2, 0.25) is 0 Å². The molecular formula is C13H15FN2O4. The number of carbonyl (C=O) groups is 2. The van der Waals surface area contributed by atoms with Crippen molar-refractivity contribution < 1.29 is 23.8 Å². The normalized spacial score (nSPS) is 17.8. The van der Waals surface area contributed by atoms with E-state index < -0.39 is 17.8 Å². The molecule has 0 saturated carbocycles. The predicted octanol–water partition coefficient (Wildman–Crippen LogP) is 1.68. The fourth-order valence-electron chi connectivity index (χ4n) is 1.90. The molecule has 0 bridgehead atoms. The van der Waals surface area contributed by atoms with Crippen molar-refractivity contribution in [3.8, 4) is 0 Å². The van der Waals surface area contributed by atoms with Crippen molar-refractivity contribution in [3.05, 3.63) is 29.6 Å². The number of carbonyl (C=O) groups excluding carboxylic acids is 1. The molecule has 6 nitrogen and oxygen atoms in total. The van der Waals surface area contributed by atoms with Gasteiger partial charge in [0.05, 0.1) is 17.9 Å². The summed E-state index contributed by atoms with van der Waals surface area (Å²) in [4.78, 5) is 22.4. The van der Waals surface area contributed by atoms with Crippen molar-refractivity contribution in [2.24, 2.45) is 5.92 Å². The van der Waals surface area contributed by atoms with E-state index in [9.17, 15) is 14.0 Å². The van der Waals surface area contributed by atoms with E-state index in [4.69, 9.17) is 9.84 Å². The predicted molar refractivity (Wildman–Crippen MR) is 69.3 cm³/mol. The Balaban J connectivity index is 1.92. The number of carboxylic acid groups (broad SMARTS) is 1. The minimum atomic E-state index is -1.18. The quantitative estimate of drug-likeness (QED) is 0.784. The Hall–Kier alpha value is -2.15. The molecule has 1 aromatic rings. The van der Waals surface area contributed by atoms with Crippen LogP contribution >= 0.6 is 0 Å². The highest BCUT2D eigenvalue weighted by Gasteiger charge is 2.17. The van der Waals surface area contributed by atoms with E-state index in [1.165, 1.54) is 0 Å². The van der Waals surface area contributed by atoms with E-state index in [1.54, 1.807) is 0 Å². The maximum Gasteiger partial charge on any atom is 0.335 e. The smallest absolute Gasteiger partial charge is 0.335 e. The molecule has 1 aliphatic rings. The SMILES string of the molecule is O=C(NCC1CCOC1)Nc1cc(C(=O)O)ccc1F. The lowest BCUT2D eigenvalue weighted by Gasteiger charge is -2.11. The molecular weight excluding hydrogens is 267 g/mol. The first-order chi connectivity index (χ1) is 9.56. The number of amides is 2. The van der Waals surface area contributed by atoms with Crippen LogP contribution in [0.2, 0.25) is 0 Å². The Morgan fingerprint density at radius 3 is 2.90 bits per heavy atom. The minimum absolute atomic E-state index is 0.0918. The van der Waals surface area contributed by atoms with Gasteiger partial charge in [-0.2, -0.15) is 0 Å². The van der Waals surface area contributed by atoms with Gasteiger partial charge in [-0.15, -0.1) is 0 Å². The highest BCUT2D eigenvalue weighted by atomic mass is 19.1. The Labute approximate surface area is 114 Å². The van der Waals surface area contributed by atoms with Crippen LogP contribution in [0.25, 0.3) is 0 Å². The number of ether oxygens (including phenoxy) is 1. The molecule has 7 heteroatoms. The van der Waals surface area contributed by atoms with Crippen molar-refractivity contribution in [2.75, 3.05) is 25.1 Å². The van der Waals surface area contributed by atoms with Gasteiger partial charge in [0.25, 0.3) is 0 Å². The summed E-state index contributed by atoms with van der Waals surface area (Å²) in [6.07, 6.45) is 0.878. The van der Waals surface area contributed by atoms with E-state index in [2.05, 4.69) is 10.6 Å². The van der Waals surface area contributed by atoms with Crippen LogP contribution in [-0.4, -0.2) is 36.9 Å². The monoisotopic (exact) mass is 282 g/mol. The van der Waals surface area contributed by atoms with E-state index in [1.807, 2.05) is 0 Å². The molecule has 0 spiro atoms. The molecule has 0 aromatic heterocycles. The summed E-state index contributed by atoms with van der Waals surface area (Å²) in [5, 5.41) is 13.7. The molecule has 1 aromatic carbocycles. The largest absolute Gasteiger partial charge is 0.478 e. The maximum atomic E-state index is 13.5. The summed E-state index contributed by atoms with van der Waals surface area (Å²) in [5.41, 5.74) is -0.254. The number of carboxylic acids is 1. The Morgan fingerprint density at radius 2 is 2.25 bits per heavy atom. The van der Waals surface area contributed by atoms with E-state index in [0.717, 1.165) is 24.6 Å². The molecule has 108 valence electrons. The Bertz CT molecular complexity index is 515. The van der Waals surface area contributed by atoms with Gasteiger partial charge in [-0.1, -0.05) is 0 Å². The number of halogens is 1. The topological polar surface area (TPSA) is 87.7 Å². The molecule has 1 unspecified atom stereocenters. The molecule has 2 amide bonds. The van der Waals surface area contributed by atoms with Gasteiger partial charge in [0.15, 0.2) is 0 Å². The third kappa shape index (κ3) is 3.67. The van der Waals surface area contributed by atoms with Crippen LogP contribution in [0.3, 0.4) is 0 Å². The van der Waals surface area contributed by atoms with Crippen LogP contribution in [0, 0.1) is 11.7 Å². The van der Waals surface area contributed by atoms with Crippen LogP contribution in [-0.2, 0) is 4.74 Å². The zero-order chi connectivity index (χ0) is 14.5. The summed E-state index contributed by atoms with van der Waals surface area (Å²) >= 11 is 0. The second kappa shape index (κ2) is 6.33. The average Bonchev–Trinajstić information content (AvgIpc) is 2.92. The lowest BCUT2D eigenvalue weighted by Crippen LogP contribution is -2.33. The number of anilines is 1. The molecule has 20 heavy (non-hydrogen) atoms. The fourth-order valence-corrected chi connectivity index (χ4v) is 1.90. The van der Waals surface area contributed by atoms with Gasteiger partial charge in [0.1, 0.15) is 5.82 Å². The summed E-state index contributed by atoms with van der Waals surface area (Å²) in [5.74, 6) is -1.61. The zero-order valence-electron chi connectivity index (χ0n) is 10.7. The van der Waals surface area contributed by atoms with Gasteiger partial charge >= 0.3 is 12.0 Å². The van der Waals surface area contributed by atoms with Crippen LogP contribution in [0.4, 0.5) is 14.9 Å². The molecule has 1 heterocycles. The summed E-state index contributed by atoms with van der Waals surface area (Å²) in [6, 6.07) is 2.65. The maximum absolute atomic E-state index is 13.5. The molecule has 3 N–H and O–H groups in total. The second-order valence-corrected chi connectivity index (χ2v) is 4.56. The van der Waals surface area contributed by atoms with Gasteiger partial charge in [-0.3, -0.25) is 0 Å². The molecule has 2 rings (SSSR count). The second-order valence-electron chi connectivity index (χ2n) is 4.56. The van der Waals surface area contributed by atoms with Gasteiger partial charge < -0.3 is 20.5 Å². The highest BCUT2D eigenvalue weighted by Crippen LogP contribution is 2.16. The van der Waals surface area contributed by atoms with E-state index in [-0.39, 0.29) is 17.2 Å². The average molecular weight is 282 g/mol. The first-order valence-corrected chi connectivity index (χ1v) is 6.21. The molecule has 1 atom stereocenters. The van der Waals surface area contributed by atoms with Gasteiger partial charge in [-0.25, -0.2) is 14.0 Å². The first kappa shape index (κ1) is 14.3. The van der Waals surface area contributed by atoms with Crippen molar-refractivity contribution in [3.63, 3.8) is 0 Å². The number of hydrogen-bond acceptors (Lipinski definition) is 3. The first-order valence-electron chi connectivity index (χ1n) is 6.21. The zero-order valence-corrected chi connectivity index (χ0v) is 10.7. The fraction of sp³-hybridized carbons (Fsp3) is 0.385. The number of aromatic carboxylic acids is 1. The third-order valence-corrected chi connectivity index (χ3v) is 3.04. The van der Waals surface area contributed by atoms with Crippen LogP contribution in [0.1, 0.15) is 16.8 Å². The van der Waals surface area contributed by atoms with E-state index in [0.29, 0.717) is 19.8 Å². The van der Waals surface area contributed by atoms with Crippen LogP contribution in [0.15, 0.2) is 18.2 Å². The number of benzene rings is 1. The summed E-state index contributed by atoms with van der Waals surface area (Å²) in [7, 11) is 0. The summed E-state index contributed by atoms with van der Waals surface area (Å²) in [6.45, 7) is 1.72. The molecule has 1 aliphatic heterocycles. The Morgan fingerprint density at radius 1 is 1.45 bits per heavy atom. The molecule has 0 aliphatic carbocycles. The lowest BCUT2D eigenvalue weighted by atomic mass is 10.1. The number of urea groups is 1. The summed E-state index contributed by atoms with van der Waals surface area (Å²) < 4.78 is 18.7. The third-order valence-electron chi connectivity index (χ3n) is 3.04. The minimum Gasteiger partial charge on any atom is -0.478 e. The number of nitrogens with one attached hydrogen (secondary N) is 2. The van der Waals surface area contributed by atoms with Crippen LogP contribution in [0.5, 0.6) is 0 Å². The van der Waals surface area contributed by atoms with Crippen LogP contribution < -0.4 is 10.6 Å². The van der Waals surface area contributed by atoms with Crippen molar-refractivity contribution in [2.45, 2.75) is 6.42 Å². The van der Waals surface area contributed by atoms with Crippen molar-refractivity contribution >= 4 is 17.7 Å². The lowest BCUT2D eigenvalue weighted by molar-refractivity contribution is 0.0697.